The van der Waals surface area contributed by atoms with Gasteiger partial charge >= 0.3 is 12.0 Å². The van der Waals surface area contributed by atoms with Gasteiger partial charge in [0.25, 0.3) is 0 Å². The second-order valence-electron chi connectivity index (χ2n) is 5.25. The SMILES string of the molecule is O=C(O)CN(C(=O)NCc1ccc(Br)cc1)C1CCCC1. The van der Waals surface area contributed by atoms with Gasteiger partial charge in [0.2, 0.25) is 0 Å². The normalized spacial score (nSPS) is 14.9. The number of halogens is 1. The van der Waals surface area contributed by atoms with Gasteiger partial charge < -0.3 is 15.3 Å². The first-order valence-corrected chi connectivity index (χ1v) is 7.86. The highest BCUT2D eigenvalue weighted by Crippen LogP contribution is 2.23. The van der Waals surface area contributed by atoms with Crippen LogP contribution in [0.1, 0.15) is 31.2 Å². The van der Waals surface area contributed by atoms with E-state index in [1.807, 2.05) is 24.3 Å². The van der Waals surface area contributed by atoms with E-state index in [9.17, 15) is 9.59 Å². The molecule has 1 aliphatic rings. The topological polar surface area (TPSA) is 69.6 Å². The maximum atomic E-state index is 12.2. The van der Waals surface area contributed by atoms with Crippen LogP contribution in [0.3, 0.4) is 0 Å². The van der Waals surface area contributed by atoms with Crippen LogP contribution in [0.25, 0.3) is 0 Å². The summed E-state index contributed by atoms with van der Waals surface area (Å²) in [7, 11) is 0. The molecule has 1 fully saturated rings. The Labute approximate surface area is 132 Å². The molecule has 0 aliphatic heterocycles. The van der Waals surface area contributed by atoms with E-state index in [0.29, 0.717) is 6.54 Å². The van der Waals surface area contributed by atoms with Crippen LogP contribution in [0.5, 0.6) is 0 Å². The van der Waals surface area contributed by atoms with Crippen LogP contribution < -0.4 is 5.32 Å². The molecule has 114 valence electrons. The molecule has 21 heavy (non-hydrogen) atoms. The number of benzene rings is 1. The number of rotatable bonds is 5. The molecule has 0 unspecified atom stereocenters. The third-order valence-electron chi connectivity index (χ3n) is 3.69. The van der Waals surface area contributed by atoms with Crippen LogP contribution >= 0.6 is 15.9 Å². The summed E-state index contributed by atoms with van der Waals surface area (Å²) >= 11 is 3.36. The average Bonchev–Trinajstić information content (AvgIpc) is 2.97. The number of hydrogen-bond donors (Lipinski definition) is 2. The van der Waals surface area contributed by atoms with Crippen molar-refractivity contribution in [3.05, 3.63) is 34.3 Å². The zero-order valence-corrected chi connectivity index (χ0v) is 13.3. The number of amides is 2. The minimum Gasteiger partial charge on any atom is -0.480 e. The van der Waals surface area contributed by atoms with Crippen LogP contribution in [-0.4, -0.2) is 34.6 Å². The van der Waals surface area contributed by atoms with Gasteiger partial charge in [0, 0.05) is 17.1 Å². The van der Waals surface area contributed by atoms with E-state index >= 15 is 0 Å². The third-order valence-corrected chi connectivity index (χ3v) is 4.22. The Morgan fingerprint density at radius 1 is 1.24 bits per heavy atom. The summed E-state index contributed by atoms with van der Waals surface area (Å²) in [6.07, 6.45) is 3.89. The van der Waals surface area contributed by atoms with Crippen molar-refractivity contribution in [2.75, 3.05) is 6.54 Å². The van der Waals surface area contributed by atoms with E-state index in [1.165, 1.54) is 4.90 Å². The van der Waals surface area contributed by atoms with Crippen LogP contribution in [0.15, 0.2) is 28.7 Å². The minimum atomic E-state index is -0.972. The smallest absolute Gasteiger partial charge is 0.323 e. The van der Waals surface area contributed by atoms with E-state index in [0.717, 1.165) is 35.7 Å². The summed E-state index contributed by atoms with van der Waals surface area (Å²) < 4.78 is 0.982. The molecule has 2 rings (SSSR count). The van der Waals surface area contributed by atoms with Crippen LogP contribution in [0, 0.1) is 0 Å². The number of carboxylic acid groups (broad SMARTS) is 1. The van der Waals surface area contributed by atoms with Crippen LogP contribution in [-0.2, 0) is 11.3 Å². The summed E-state index contributed by atoms with van der Waals surface area (Å²) in [5, 5.41) is 11.8. The number of carbonyl (C=O) groups excluding carboxylic acids is 1. The molecular formula is C15H19BrN2O3. The van der Waals surface area contributed by atoms with Gasteiger partial charge in [-0.2, -0.15) is 0 Å². The highest BCUT2D eigenvalue weighted by Gasteiger charge is 2.28. The molecule has 6 heteroatoms. The Balaban J connectivity index is 1.94. The summed E-state index contributed by atoms with van der Waals surface area (Å²) in [6, 6.07) is 7.41. The highest BCUT2D eigenvalue weighted by molar-refractivity contribution is 9.10. The summed E-state index contributed by atoms with van der Waals surface area (Å²) in [4.78, 5) is 24.7. The number of nitrogens with zero attached hydrogens (tertiary/aromatic N) is 1. The van der Waals surface area contributed by atoms with Crippen molar-refractivity contribution in [3.8, 4) is 0 Å². The van der Waals surface area contributed by atoms with Crippen molar-refractivity contribution in [1.82, 2.24) is 10.2 Å². The number of nitrogens with one attached hydrogen (secondary N) is 1. The lowest BCUT2D eigenvalue weighted by molar-refractivity contribution is -0.138. The van der Waals surface area contributed by atoms with Crippen molar-refractivity contribution in [2.24, 2.45) is 0 Å². The number of urea groups is 1. The molecule has 5 nitrogen and oxygen atoms in total. The van der Waals surface area contributed by atoms with Gasteiger partial charge in [0.05, 0.1) is 0 Å². The Hall–Kier alpha value is -1.56. The first kappa shape index (κ1) is 15.8. The molecule has 2 N–H and O–H groups in total. The van der Waals surface area contributed by atoms with Crippen molar-refractivity contribution in [1.29, 1.82) is 0 Å². The lowest BCUT2D eigenvalue weighted by Crippen LogP contribution is -2.47. The van der Waals surface area contributed by atoms with Crippen molar-refractivity contribution < 1.29 is 14.7 Å². The molecule has 0 saturated heterocycles. The number of carboxylic acids is 1. The highest BCUT2D eigenvalue weighted by atomic mass is 79.9. The minimum absolute atomic E-state index is 0.0472. The quantitative estimate of drug-likeness (QED) is 0.853. The van der Waals surface area contributed by atoms with Crippen molar-refractivity contribution in [2.45, 2.75) is 38.3 Å². The lowest BCUT2D eigenvalue weighted by Gasteiger charge is -2.27. The zero-order valence-electron chi connectivity index (χ0n) is 11.7. The lowest BCUT2D eigenvalue weighted by atomic mass is 10.2. The van der Waals surface area contributed by atoms with Gasteiger partial charge in [0.15, 0.2) is 0 Å². The fourth-order valence-corrected chi connectivity index (χ4v) is 2.87. The zero-order chi connectivity index (χ0) is 15.2. The third kappa shape index (κ3) is 4.74. The molecule has 2 amide bonds. The Morgan fingerprint density at radius 2 is 1.86 bits per heavy atom. The molecule has 1 saturated carbocycles. The fourth-order valence-electron chi connectivity index (χ4n) is 2.61. The standard InChI is InChI=1S/C15H19BrN2O3/c16-12-7-5-11(6-8-12)9-17-15(21)18(10-14(19)20)13-3-1-2-4-13/h5-8,13H,1-4,9-10H2,(H,17,21)(H,19,20). The monoisotopic (exact) mass is 354 g/mol. The average molecular weight is 355 g/mol. The second kappa shape index (κ2) is 7.45. The van der Waals surface area contributed by atoms with Gasteiger partial charge in [-0.25, -0.2) is 4.79 Å². The van der Waals surface area contributed by atoms with Crippen LogP contribution in [0.4, 0.5) is 4.79 Å². The van der Waals surface area contributed by atoms with E-state index < -0.39 is 5.97 Å². The molecule has 0 bridgehead atoms. The van der Waals surface area contributed by atoms with E-state index in [1.54, 1.807) is 0 Å². The number of carbonyl (C=O) groups is 2. The molecule has 0 aromatic heterocycles. The van der Waals surface area contributed by atoms with Gasteiger partial charge in [-0.1, -0.05) is 40.9 Å². The summed E-state index contributed by atoms with van der Waals surface area (Å²) in [5.41, 5.74) is 0.980. The molecule has 0 radical (unpaired) electrons. The number of hydrogen-bond acceptors (Lipinski definition) is 2. The van der Waals surface area contributed by atoms with Gasteiger partial charge in [0.1, 0.15) is 6.54 Å². The first-order valence-electron chi connectivity index (χ1n) is 7.07. The predicted octanol–water partition coefficient (Wildman–Crippen LogP) is 2.99. The Kier molecular flexibility index (Phi) is 5.61. The van der Waals surface area contributed by atoms with Crippen molar-refractivity contribution >= 4 is 27.9 Å². The van der Waals surface area contributed by atoms with E-state index in [2.05, 4.69) is 21.2 Å². The number of aliphatic carboxylic acids is 1. The van der Waals surface area contributed by atoms with E-state index in [4.69, 9.17) is 5.11 Å². The molecule has 0 atom stereocenters. The fraction of sp³-hybridized carbons (Fsp3) is 0.467. The summed E-state index contributed by atoms with van der Waals surface area (Å²) in [6.45, 7) is 0.159. The molecule has 0 spiro atoms. The first-order chi connectivity index (χ1) is 10.1. The van der Waals surface area contributed by atoms with Crippen LogP contribution in [0.2, 0.25) is 0 Å². The molecular weight excluding hydrogens is 336 g/mol. The predicted molar refractivity (Wildman–Crippen MR) is 83.0 cm³/mol. The second-order valence-corrected chi connectivity index (χ2v) is 6.16. The Bertz CT molecular complexity index is 498. The van der Waals surface area contributed by atoms with Crippen molar-refractivity contribution in [3.63, 3.8) is 0 Å². The maximum absolute atomic E-state index is 12.2. The molecule has 1 aromatic rings. The van der Waals surface area contributed by atoms with Gasteiger partial charge in [-0.15, -0.1) is 0 Å². The van der Waals surface area contributed by atoms with Gasteiger partial charge in [-0.05, 0) is 30.5 Å². The summed E-state index contributed by atoms with van der Waals surface area (Å²) in [5.74, 6) is -0.972. The van der Waals surface area contributed by atoms with Gasteiger partial charge in [-0.3, -0.25) is 4.79 Å². The largest absolute Gasteiger partial charge is 0.480 e. The molecule has 1 aromatic carbocycles. The molecule has 1 aliphatic carbocycles. The maximum Gasteiger partial charge on any atom is 0.323 e. The van der Waals surface area contributed by atoms with E-state index in [-0.39, 0.29) is 18.6 Å². The molecule has 0 heterocycles. The Morgan fingerprint density at radius 3 is 2.43 bits per heavy atom.